The Kier molecular flexibility index (Phi) is 5.30. The molecule has 0 saturated carbocycles. The van der Waals surface area contributed by atoms with Crippen LogP contribution in [0.4, 0.5) is 0 Å². The number of amidine groups is 1. The molecule has 0 amide bonds. The number of sulfonamides is 1. The van der Waals surface area contributed by atoms with Crippen LogP contribution in [-0.2, 0) is 10.0 Å². The lowest BCUT2D eigenvalue weighted by Gasteiger charge is -2.13. The summed E-state index contributed by atoms with van der Waals surface area (Å²) in [5, 5.41) is 7.02. The number of hydrogen-bond acceptors (Lipinski definition) is 3. The summed E-state index contributed by atoms with van der Waals surface area (Å²) < 4.78 is 26.0. The Bertz CT molecular complexity index is 485. The minimum atomic E-state index is -3.33. The van der Waals surface area contributed by atoms with Gasteiger partial charge in [0.05, 0.1) is 11.6 Å². The van der Waals surface area contributed by atoms with Crippen LogP contribution in [0.3, 0.4) is 0 Å². The van der Waals surface area contributed by atoms with E-state index in [2.05, 4.69) is 4.72 Å². The van der Waals surface area contributed by atoms with E-state index in [1.165, 1.54) is 0 Å². The van der Waals surface area contributed by atoms with Gasteiger partial charge in [0.1, 0.15) is 0 Å². The highest BCUT2D eigenvalue weighted by atomic mass is 32.2. The second-order valence-corrected chi connectivity index (χ2v) is 6.11. The van der Waals surface area contributed by atoms with E-state index in [1.54, 1.807) is 0 Å². The molecule has 1 rings (SSSR count). The fourth-order valence-electron chi connectivity index (χ4n) is 1.61. The van der Waals surface area contributed by atoms with Gasteiger partial charge in [-0.15, -0.1) is 0 Å². The van der Waals surface area contributed by atoms with Crippen LogP contribution in [0.1, 0.15) is 24.8 Å². The van der Waals surface area contributed by atoms with Crippen molar-refractivity contribution in [1.29, 1.82) is 5.41 Å². The summed E-state index contributed by atoms with van der Waals surface area (Å²) in [6, 6.07) is 9.50. The van der Waals surface area contributed by atoms with E-state index in [9.17, 15) is 8.42 Å². The molecule has 0 aliphatic heterocycles. The van der Waals surface area contributed by atoms with E-state index in [4.69, 9.17) is 11.1 Å². The molecule has 0 saturated heterocycles. The third kappa shape index (κ3) is 5.29. The van der Waals surface area contributed by atoms with Crippen molar-refractivity contribution in [1.82, 2.24) is 4.72 Å². The van der Waals surface area contributed by atoms with Crippen molar-refractivity contribution in [3.05, 3.63) is 35.9 Å². The first-order chi connectivity index (χ1) is 8.41. The first-order valence-electron chi connectivity index (χ1n) is 5.76. The molecule has 0 aliphatic carbocycles. The standard InChI is InChI=1S/C12H19N3O2S/c1-10(11-5-3-2-4-6-11)9-18(16,17)15-8-7-12(13)14/h2-6,10,15H,7-9H2,1H3,(H3,13,14). The average molecular weight is 269 g/mol. The van der Waals surface area contributed by atoms with Crippen molar-refractivity contribution in [2.45, 2.75) is 19.3 Å². The molecule has 5 nitrogen and oxygen atoms in total. The van der Waals surface area contributed by atoms with Gasteiger partial charge in [0.25, 0.3) is 0 Å². The van der Waals surface area contributed by atoms with Crippen molar-refractivity contribution in [2.24, 2.45) is 5.73 Å². The summed E-state index contributed by atoms with van der Waals surface area (Å²) >= 11 is 0. The van der Waals surface area contributed by atoms with Gasteiger partial charge in [-0.05, 0) is 11.5 Å². The molecule has 0 heterocycles. The van der Waals surface area contributed by atoms with Gasteiger partial charge < -0.3 is 5.73 Å². The van der Waals surface area contributed by atoms with Crippen LogP contribution in [-0.4, -0.2) is 26.6 Å². The number of rotatable bonds is 7. The Balaban J connectivity index is 2.53. The Morgan fingerprint density at radius 1 is 1.39 bits per heavy atom. The summed E-state index contributed by atoms with van der Waals surface area (Å²) in [6.07, 6.45) is 0.235. The number of benzene rings is 1. The van der Waals surface area contributed by atoms with Crippen molar-refractivity contribution in [3.63, 3.8) is 0 Å². The maximum Gasteiger partial charge on any atom is 0.212 e. The minimum Gasteiger partial charge on any atom is -0.388 e. The third-order valence-electron chi connectivity index (χ3n) is 2.55. The fraction of sp³-hybridized carbons (Fsp3) is 0.417. The number of nitrogens with two attached hydrogens (primary N) is 1. The Morgan fingerprint density at radius 2 is 2.00 bits per heavy atom. The molecule has 0 bridgehead atoms. The first kappa shape index (κ1) is 14.7. The summed E-state index contributed by atoms with van der Waals surface area (Å²) in [6.45, 7) is 2.05. The lowest BCUT2D eigenvalue weighted by molar-refractivity contribution is 0.577. The summed E-state index contributed by atoms with van der Waals surface area (Å²) in [5.74, 6) is -0.0515. The van der Waals surface area contributed by atoms with Gasteiger partial charge in [-0.2, -0.15) is 0 Å². The molecule has 0 spiro atoms. The highest BCUT2D eigenvalue weighted by molar-refractivity contribution is 7.89. The van der Waals surface area contributed by atoms with Crippen LogP contribution in [0, 0.1) is 5.41 Å². The Morgan fingerprint density at radius 3 is 2.56 bits per heavy atom. The van der Waals surface area contributed by atoms with Crippen molar-refractivity contribution in [3.8, 4) is 0 Å². The molecule has 6 heteroatoms. The second-order valence-electron chi connectivity index (χ2n) is 4.26. The zero-order valence-electron chi connectivity index (χ0n) is 10.4. The molecule has 1 unspecified atom stereocenters. The monoisotopic (exact) mass is 269 g/mol. The summed E-state index contributed by atoms with van der Waals surface area (Å²) in [7, 11) is -3.33. The molecule has 1 aromatic rings. The van der Waals surface area contributed by atoms with E-state index < -0.39 is 10.0 Å². The van der Waals surface area contributed by atoms with E-state index in [1.807, 2.05) is 37.3 Å². The van der Waals surface area contributed by atoms with Crippen LogP contribution in [0.5, 0.6) is 0 Å². The first-order valence-corrected chi connectivity index (χ1v) is 7.41. The van der Waals surface area contributed by atoms with Crippen molar-refractivity contribution in [2.75, 3.05) is 12.3 Å². The maximum absolute atomic E-state index is 11.8. The smallest absolute Gasteiger partial charge is 0.212 e. The van der Waals surface area contributed by atoms with E-state index in [0.29, 0.717) is 0 Å². The molecular formula is C12H19N3O2S. The molecule has 18 heavy (non-hydrogen) atoms. The van der Waals surface area contributed by atoms with Gasteiger partial charge in [-0.1, -0.05) is 37.3 Å². The second kappa shape index (κ2) is 6.51. The molecule has 0 aliphatic rings. The lowest BCUT2D eigenvalue weighted by Crippen LogP contribution is -2.31. The normalized spacial score (nSPS) is 13.2. The van der Waals surface area contributed by atoms with E-state index in [-0.39, 0.29) is 30.5 Å². The number of nitrogens with one attached hydrogen (secondary N) is 2. The van der Waals surface area contributed by atoms with Gasteiger partial charge in [-0.25, -0.2) is 13.1 Å². The Labute approximate surface area is 108 Å². The van der Waals surface area contributed by atoms with Crippen LogP contribution >= 0.6 is 0 Å². The van der Waals surface area contributed by atoms with Gasteiger partial charge in [0.15, 0.2) is 0 Å². The predicted molar refractivity (Wildman–Crippen MR) is 73.2 cm³/mol. The van der Waals surface area contributed by atoms with E-state index in [0.717, 1.165) is 5.56 Å². The number of hydrogen-bond donors (Lipinski definition) is 3. The van der Waals surface area contributed by atoms with Crippen LogP contribution < -0.4 is 10.5 Å². The highest BCUT2D eigenvalue weighted by Crippen LogP contribution is 2.16. The minimum absolute atomic E-state index is 0.0196. The fourth-order valence-corrected chi connectivity index (χ4v) is 2.99. The van der Waals surface area contributed by atoms with Crippen LogP contribution in [0.2, 0.25) is 0 Å². The largest absolute Gasteiger partial charge is 0.388 e. The van der Waals surface area contributed by atoms with Gasteiger partial charge in [0.2, 0.25) is 10.0 Å². The van der Waals surface area contributed by atoms with Crippen LogP contribution in [0.25, 0.3) is 0 Å². The molecule has 100 valence electrons. The molecule has 1 atom stereocenters. The molecule has 0 radical (unpaired) electrons. The molecule has 0 aromatic heterocycles. The van der Waals surface area contributed by atoms with Crippen molar-refractivity contribution < 1.29 is 8.42 Å². The zero-order valence-corrected chi connectivity index (χ0v) is 11.2. The van der Waals surface area contributed by atoms with Gasteiger partial charge >= 0.3 is 0 Å². The molecule has 4 N–H and O–H groups in total. The zero-order chi connectivity index (χ0) is 13.6. The van der Waals surface area contributed by atoms with Crippen molar-refractivity contribution >= 4 is 15.9 Å². The van der Waals surface area contributed by atoms with Gasteiger partial charge in [0, 0.05) is 13.0 Å². The SMILES string of the molecule is CC(CS(=O)(=O)NCCC(=N)N)c1ccccc1. The topological polar surface area (TPSA) is 96.0 Å². The molecule has 0 fully saturated rings. The maximum atomic E-state index is 11.8. The summed E-state index contributed by atoms with van der Waals surface area (Å²) in [5.41, 5.74) is 6.16. The van der Waals surface area contributed by atoms with E-state index >= 15 is 0 Å². The Hall–Kier alpha value is -1.40. The molecule has 1 aromatic carbocycles. The lowest BCUT2D eigenvalue weighted by atomic mass is 10.0. The molecular weight excluding hydrogens is 250 g/mol. The summed E-state index contributed by atoms with van der Waals surface area (Å²) in [4.78, 5) is 0. The third-order valence-corrected chi connectivity index (χ3v) is 4.14. The van der Waals surface area contributed by atoms with Crippen LogP contribution in [0.15, 0.2) is 30.3 Å². The van der Waals surface area contributed by atoms with Gasteiger partial charge in [-0.3, -0.25) is 5.41 Å². The quantitative estimate of drug-likeness (QED) is 0.509. The predicted octanol–water partition coefficient (Wildman–Crippen LogP) is 1.04. The highest BCUT2D eigenvalue weighted by Gasteiger charge is 2.16. The average Bonchev–Trinajstić information content (AvgIpc) is 2.28.